The average molecular weight is 393 g/mol. The number of carbonyl (C=O) groups excluding carboxylic acids is 2. The van der Waals surface area contributed by atoms with E-state index in [9.17, 15) is 24.3 Å². The molecule has 0 unspecified atom stereocenters. The summed E-state index contributed by atoms with van der Waals surface area (Å²) in [6.07, 6.45) is 0. The molecule has 134 valence electrons. The molecule has 0 fully saturated rings. The molecule has 8 nitrogen and oxygen atoms in total. The quantitative estimate of drug-likeness (QED) is 0.581. The molecule has 2 N–H and O–H groups in total. The van der Waals surface area contributed by atoms with Gasteiger partial charge in [-0.25, -0.2) is 4.79 Å². The Balaban J connectivity index is 1.95. The molecule has 2 aromatic rings. The van der Waals surface area contributed by atoms with Gasteiger partial charge in [-0.3, -0.25) is 14.4 Å². The molecule has 0 radical (unpaired) electrons. The zero-order chi connectivity index (χ0) is 18.6. The van der Waals surface area contributed by atoms with Crippen molar-refractivity contribution in [2.24, 2.45) is 5.92 Å². The van der Waals surface area contributed by atoms with E-state index in [4.69, 9.17) is 9.47 Å². The number of rotatable bonds is 2. The number of nitrogens with one attached hydrogen (secondary N) is 1. The minimum absolute atomic E-state index is 0.242. The number of thioether (sulfide) groups is 1. The summed E-state index contributed by atoms with van der Waals surface area (Å²) in [5.74, 6) is -3.85. The van der Waals surface area contributed by atoms with Crippen molar-refractivity contribution in [3.8, 4) is 5.75 Å². The van der Waals surface area contributed by atoms with E-state index in [1.165, 1.54) is 25.3 Å². The Morgan fingerprint density at radius 2 is 2.08 bits per heavy atom. The number of ether oxygens (including phenoxy) is 2. The summed E-state index contributed by atoms with van der Waals surface area (Å²) in [7, 11) is 1.25. The minimum atomic E-state index is -1.17. The first-order chi connectivity index (χ1) is 12.4. The highest BCUT2D eigenvalue weighted by Crippen LogP contribution is 2.53. The van der Waals surface area contributed by atoms with Crippen LogP contribution < -0.4 is 9.61 Å². The number of carboxylic acids is 1. The number of aromatic amines is 1. The SMILES string of the molecule is COC(=O)c1ccc2c(c1)[C@@H]1c3sc(=O)[nH]c3S[C@H](C(=O)O)[C@@H]1C(=O)O2. The van der Waals surface area contributed by atoms with E-state index in [0.29, 0.717) is 15.5 Å². The number of carboxylic acid groups (broad SMARTS) is 1. The highest BCUT2D eigenvalue weighted by molar-refractivity contribution is 8.00. The van der Waals surface area contributed by atoms with Crippen LogP contribution in [0.4, 0.5) is 0 Å². The smallest absolute Gasteiger partial charge is 0.337 e. The third-order valence-corrected chi connectivity index (χ3v) is 6.75. The van der Waals surface area contributed by atoms with Gasteiger partial charge >= 0.3 is 22.8 Å². The van der Waals surface area contributed by atoms with Crippen LogP contribution in [0.2, 0.25) is 0 Å². The Kier molecular flexibility index (Phi) is 3.88. The maximum absolute atomic E-state index is 12.5. The monoisotopic (exact) mass is 393 g/mol. The van der Waals surface area contributed by atoms with E-state index < -0.39 is 35.0 Å². The highest BCUT2D eigenvalue weighted by atomic mass is 32.2. The second-order valence-electron chi connectivity index (χ2n) is 5.75. The number of aromatic nitrogens is 1. The zero-order valence-electron chi connectivity index (χ0n) is 13.2. The van der Waals surface area contributed by atoms with Crippen molar-refractivity contribution in [1.82, 2.24) is 4.98 Å². The third kappa shape index (κ3) is 2.44. The first-order valence-corrected chi connectivity index (χ1v) is 9.16. The largest absolute Gasteiger partial charge is 0.480 e. The van der Waals surface area contributed by atoms with Gasteiger partial charge in [-0.2, -0.15) is 0 Å². The van der Waals surface area contributed by atoms with Crippen LogP contribution in [0.1, 0.15) is 26.7 Å². The molecule has 10 heteroatoms. The molecule has 2 aliphatic rings. The summed E-state index contributed by atoms with van der Waals surface area (Å²) in [6.45, 7) is 0. The number of thiazole rings is 1. The second-order valence-corrected chi connectivity index (χ2v) is 7.92. The normalized spacial score (nSPS) is 23.3. The lowest BCUT2D eigenvalue weighted by Gasteiger charge is -2.37. The molecular weight excluding hydrogens is 382 g/mol. The molecule has 1 aromatic carbocycles. The van der Waals surface area contributed by atoms with Crippen LogP contribution in [0.15, 0.2) is 28.0 Å². The summed E-state index contributed by atoms with van der Waals surface area (Å²) in [6, 6.07) is 4.46. The van der Waals surface area contributed by atoms with Crippen molar-refractivity contribution >= 4 is 41.0 Å². The van der Waals surface area contributed by atoms with Crippen LogP contribution in [0.5, 0.6) is 5.75 Å². The fourth-order valence-corrected chi connectivity index (χ4v) is 5.66. The predicted molar refractivity (Wildman–Crippen MR) is 91.0 cm³/mol. The van der Waals surface area contributed by atoms with Gasteiger partial charge in [-0.05, 0) is 18.2 Å². The molecule has 3 heterocycles. The van der Waals surface area contributed by atoms with Gasteiger partial charge in [-0.15, -0.1) is 0 Å². The van der Waals surface area contributed by atoms with Crippen molar-refractivity contribution < 1.29 is 29.0 Å². The van der Waals surface area contributed by atoms with Crippen LogP contribution >= 0.6 is 23.1 Å². The molecule has 0 saturated carbocycles. The summed E-state index contributed by atoms with van der Waals surface area (Å²) in [5, 5.41) is 8.88. The van der Waals surface area contributed by atoms with E-state index in [0.717, 1.165) is 23.1 Å². The fraction of sp³-hybridized carbons (Fsp3) is 0.250. The standard InChI is InChI=1S/C16H11NO7S2/c1-23-14(20)5-2-3-7-6(4-5)8-9(15(21)24-7)11(13(18)19)25-12-10(8)26-16(22)17-12/h2-4,8-9,11H,1H3,(H,17,22)(H,18,19)/t8-,9+,11-/m0/s1. The number of hydrogen-bond donors (Lipinski definition) is 2. The summed E-state index contributed by atoms with van der Waals surface area (Å²) in [5.41, 5.74) is 0.734. The molecule has 26 heavy (non-hydrogen) atoms. The zero-order valence-corrected chi connectivity index (χ0v) is 14.8. The van der Waals surface area contributed by atoms with Crippen LogP contribution in [0.3, 0.4) is 0 Å². The lowest BCUT2D eigenvalue weighted by Crippen LogP contribution is -2.44. The van der Waals surface area contributed by atoms with Gasteiger partial charge in [-0.1, -0.05) is 23.1 Å². The lowest BCUT2D eigenvalue weighted by molar-refractivity contribution is -0.147. The number of benzene rings is 1. The number of aliphatic carboxylic acids is 1. The fourth-order valence-electron chi connectivity index (χ4n) is 3.26. The van der Waals surface area contributed by atoms with Crippen LogP contribution in [0.25, 0.3) is 0 Å². The Morgan fingerprint density at radius 1 is 1.31 bits per heavy atom. The molecule has 0 aliphatic carbocycles. The van der Waals surface area contributed by atoms with Gasteiger partial charge in [0.25, 0.3) is 0 Å². The minimum Gasteiger partial charge on any atom is -0.480 e. The Labute approximate surface area is 154 Å². The van der Waals surface area contributed by atoms with Crippen LogP contribution in [-0.4, -0.2) is 40.4 Å². The van der Waals surface area contributed by atoms with Crippen molar-refractivity contribution in [3.05, 3.63) is 43.9 Å². The van der Waals surface area contributed by atoms with Gasteiger partial charge in [0.05, 0.1) is 23.6 Å². The molecule has 1 aromatic heterocycles. The predicted octanol–water partition coefficient (Wildman–Crippen LogP) is 1.45. The van der Waals surface area contributed by atoms with Crippen molar-refractivity contribution in [2.45, 2.75) is 16.2 Å². The number of H-pyrrole nitrogens is 1. The number of esters is 2. The topological polar surface area (TPSA) is 123 Å². The third-order valence-electron chi connectivity index (χ3n) is 4.35. The lowest BCUT2D eigenvalue weighted by atomic mass is 9.79. The molecule has 0 spiro atoms. The summed E-state index contributed by atoms with van der Waals surface area (Å²) in [4.78, 5) is 50.8. The maximum Gasteiger partial charge on any atom is 0.337 e. The van der Waals surface area contributed by atoms with E-state index >= 15 is 0 Å². The molecule has 3 atom stereocenters. The number of fused-ring (bicyclic) bond motifs is 5. The summed E-state index contributed by atoms with van der Waals surface area (Å²) >= 11 is 1.85. The average Bonchev–Trinajstić information content (AvgIpc) is 2.99. The number of methoxy groups -OCH3 is 1. The van der Waals surface area contributed by atoms with Gasteiger partial charge in [0.1, 0.15) is 11.0 Å². The molecule has 0 saturated heterocycles. The van der Waals surface area contributed by atoms with Gasteiger partial charge in [0.15, 0.2) is 0 Å². The first-order valence-electron chi connectivity index (χ1n) is 7.47. The number of carbonyl (C=O) groups is 3. The van der Waals surface area contributed by atoms with E-state index in [1.54, 1.807) is 0 Å². The van der Waals surface area contributed by atoms with E-state index in [1.807, 2.05) is 0 Å². The highest BCUT2D eigenvalue weighted by Gasteiger charge is 2.51. The Hall–Kier alpha value is -2.59. The molecule has 0 amide bonds. The van der Waals surface area contributed by atoms with Gasteiger partial charge in [0, 0.05) is 16.4 Å². The van der Waals surface area contributed by atoms with E-state index in [-0.39, 0.29) is 16.2 Å². The van der Waals surface area contributed by atoms with Crippen molar-refractivity contribution in [1.29, 1.82) is 0 Å². The van der Waals surface area contributed by atoms with Crippen LogP contribution in [0, 0.1) is 5.92 Å². The molecular formula is C16H11NO7S2. The Morgan fingerprint density at radius 3 is 2.77 bits per heavy atom. The molecule has 0 bridgehead atoms. The number of hydrogen-bond acceptors (Lipinski definition) is 8. The Bertz CT molecular complexity index is 1010. The maximum atomic E-state index is 12.5. The van der Waals surface area contributed by atoms with Crippen molar-refractivity contribution in [3.63, 3.8) is 0 Å². The van der Waals surface area contributed by atoms with Crippen molar-refractivity contribution in [2.75, 3.05) is 7.11 Å². The van der Waals surface area contributed by atoms with E-state index in [2.05, 4.69) is 4.98 Å². The van der Waals surface area contributed by atoms with Gasteiger partial charge in [0.2, 0.25) is 0 Å². The summed E-state index contributed by atoms with van der Waals surface area (Å²) < 4.78 is 10.0. The first kappa shape index (κ1) is 16.9. The van der Waals surface area contributed by atoms with Gasteiger partial charge < -0.3 is 19.6 Å². The van der Waals surface area contributed by atoms with Crippen LogP contribution in [-0.2, 0) is 14.3 Å². The molecule has 2 aliphatic heterocycles. The second kappa shape index (κ2) is 5.99. The molecule has 4 rings (SSSR count).